The Bertz CT molecular complexity index is 794. The molecule has 0 saturated carbocycles. The minimum atomic E-state index is -5.65. The summed E-state index contributed by atoms with van der Waals surface area (Å²) in [6, 6.07) is 3.86. The van der Waals surface area contributed by atoms with E-state index < -0.39 is 18.8 Å². The number of ether oxygens (including phenoxy) is 1. The summed E-state index contributed by atoms with van der Waals surface area (Å²) in [5, 5.41) is 0.902. The van der Waals surface area contributed by atoms with E-state index in [0.29, 0.717) is 23.3 Å². The number of fused-ring (bicyclic) bond motifs is 1. The fourth-order valence-corrected chi connectivity index (χ4v) is 3.27. The number of nitrogens with zero attached hydrogens (tertiary/aromatic N) is 1. The van der Waals surface area contributed by atoms with E-state index in [9.17, 15) is 13.3 Å². The first-order valence-electron chi connectivity index (χ1n) is 7.18. The smallest absolute Gasteiger partial charge is 0.399 e. The Morgan fingerprint density at radius 1 is 1.29 bits per heavy atom. The molecule has 0 radical (unpaired) electrons. The highest BCUT2D eigenvalue weighted by molar-refractivity contribution is 9.10. The van der Waals surface area contributed by atoms with E-state index in [2.05, 4.69) is 20.9 Å². The monoisotopic (exact) mass is 423 g/mol. The Labute approximate surface area is 146 Å². The lowest BCUT2D eigenvalue weighted by Gasteiger charge is -2.20. The number of alkyl halides is 2. The molecule has 2 aromatic rings. The summed E-state index contributed by atoms with van der Waals surface area (Å²) in [5.41, 5.74) is -5.07. The molecule has 0 atom stereocenters. The van der Waals surface area contributed by atoms with E-state index in [1.165, 1.54) is 18.3 Å². The van der Waals surface area contributed by atoms with Crippen molar-refractivity contribution in [2.24, 2.45) is 5.92 Å². The Hall–Kier alpha value is -1.08. The highest BCUT2D eigenvalue weighted by Crippen LogP contribution is 2.60. The molecule has 1 heterocycles. The predicted octanol–water partition coefficient (Wildman–Crippen LogP) is 4.65. The van der Waals surface area contributed by atoms with Crippen LogP contribution in [-0.4, -0.2) is 21.4 Å². The zero-order chi connectivity index (χ0) is 18.1. The highest BCUT2D eigenvalue weighted by atomic mass is 79.9. The zero-order valence-corrected chi connectivity index (χ0v) is 15.5. The molecule has 0 aliphatic heterocycles. The number of rotatable bonds is 6. The van der Waals surface area contributed by atoms with Gasteiger partial charge in [-0.25, -0.2) is 4.98 Å². The fraction of sp³-hybridized carbons (Fsp3) is 0.400. The lowest BCUT2D eigenvalue weighted by atomic mass is 10.1. The van der Waals surface area contributed by atoms with Crippen molar-refractivity contribution in [1.82, 2.24) is 4.98 Å². The molecule has 9 heteroatoms. The van der Waals surface area contributed by atoms with Gasteiger partial charge in [0.1, 0.15) is 0 Å². The van der Waals surface area contributed by atoms with Gasteiger partial charge in [-0.1, -0.05) is 29.8 Å². The van der Waals surface area contributed by atoms with Crippen molar-refractivity contribution in [1.29, 1.82) is 0 Å². The highest BCUT2D eigenvalue weighted by Gasteiger charge is 2.51. The van der Waals surface area contributed by atoms with Gasteiger partial charge in [-0.2, -0.15) is 8.78 Å². The molecule has 0 amide bonds. The van der Waals surface area contributed by atoms with E-state index >= 15 is 0 Å². The fourth-order valence-electron chi connectivity index (χ4n) is 2.01. The van der Waals surface area contributed by atoms with Crippen LogP contribution in [0.2, 0.25) is 0 Å². The van der Waals surface area contributed by atoms with Gasteiger partial charge in [0.25, 0.3) is 0 Å². The molecule has 0 fully saturated rings. The van der Waals surface area contributed by atoms with Crippen molar-refractivity contribution in [2.45, 2.75) is 25.9 Å². The molecule has 5 nitrogen and oxygen atoms in total. The van der Waals surface area contributed by atoms with Crippen LogP contribution in [0, 0.1) is 5.92 Å². The molecule has 0 saturated heterocycles. The lowest BCUT2D eigenvalue weighted by molar-refractivity contribution is 0.0558. The van der Waals surface area contributed by atoms with Gasteiger partial charge in [0.05, 0.1) is 6.61 Å². The van der Waals surface area contributed by atoms with Gasteiger partial charge in [0, 0.05) is 27.7 Å². The van der Waals surface area contributed by atoms with Gasteiger partial charge in [-0.15, -0.1) is 0 Å². The topological polar surface area (TPSA) is 79.7 Å². The van der Waals surface area contributed by atoms with E-state index in [-0.39, 0.29) is 10.4 Å². The summed E-state index contributed by atoms with van der Waals surface area (Å²) in [7, 11) is -5.65. The van der Waals surface area contributed by atoms with E-state index in [1.807, 2.05) is 13.8 Å². The second kappa shape index (κ2) is 7.04. The minimum absolute atomic E-state index is 0.0985. The van der Waals surface area contributed by atoms with Crippen LogP contribution >= 0.6 is 23.5 Å². The summed E-state index contributed by atoms with van der Waals surface area (Å²) < 4.78 is 44.5. The Kier molecular flexibility index (Phi) is 5.64. The standard InChI is InChI=1S/C15H17BrF2NO4P/c1-9(2)3-4-23-14-7-10-5-12(15(17,18)24(20,21)22)13(16)6-11(10)8-19-14/h5-9H,3-4H2,1-2H3,(H2,20,21,22). The van der Waals surface area contributed by atoms with Gasteiger partial charge in [0.15, 0.2) is 0 Å². The number of hydrogen-bond donors (Lipinski definition) is 2. The summed E-state index contributed by atoms with van der Waals surface area (Å²) in [6.07, 6.45) is 2.28. The third kappa shape index (κ3) is 4.11. The average Bonchev–Trinajstić information content (AvgIpc) is 2.45. The van der Waals surface area contributed by atoms with Crippen molar-refractivity contribution < 1.29 is 27.9 Å². The van der Waals surface area contributed by atoms with Crippen LogP contribution in [0.1, 0.15) is 25.8 Å². The maximum atomic E-state index is 14.0. The molecule has 1 aromatic heterocycles. The molecule has 132 valence electrons. The molecule has 2 N–H and O–H groups in total. The summed E-state index contributed by atoms with van der Waals surface area (Å²) in [4.78, 5) is 21.9. The van der Waals surface area contributed by atoms with Crippen LogP contribution in [0.5, 0.6) is 5.88 Å². The maximum absolute atomic E-state index is 14.0. The first kappa shape index (κ1) is 19.2. The summed E-state index contributed by atoms with van der Waals surface area (Å²) in [6.45, 7) is 4.54. The average molecular weight is 424 g/mol. The Balaban J connectivity index is 2.42. The van der Waals surface area contributed by atoms with Gasteiger partial charge >= 0.3 is 13.3 Å². The second-order valence-electron chi connectivity index (χ2n) is 5.82. The third-order valence-corrected chi connectivity index (χ3v) is 5.05. The Morgan fingerprint density at radius 2 is 1.96 bits per heavy atom. The third-order valence-electron chi connectivity index (χ3n) is 3.42. The molecule has 0 spiro atoms. The minimum Gasteiger partial charge on any atom is -0.478 e. The molecule has 0 aliphatic rings. The van der Waals surface area contributed by atoms with Crippen LogP contribution in [-0.2, 0) is 10.2 Å². The van der Waals surface area contributed by atoms with Crippen molar-refractivity contribution in [3.05, 3.63) is 34.4 Å². The molecule has 24 heavy (non-hydrogen) atoms. The number of benzene rings is 1. The van der Waals surface area contributed by atoms with Crippen molar-refractivity contribution >= 4 is 34.3 Å². The number of aromatic nitrogens is 1. The number of pyridine rings is 1. The lowest BCUT2D eigenvalue weighted by Crippen LogP contribution is -2.14. The molecule has 1 aromatic carbocycles. The van der Waals surface area contributed by atoms with E-state index in [0.717, 1.165) is 12.5 Å². The van der Waals surface area contributed by atoms with Crippen molar-refractivity contribution in [3.8, 4) is 5.88 Å². The molecular formula is C15H17BrF2NO4P. The predicted molar refractivity (Wildman–Crippen MR) is 90.3 cm³/mol. The number of hydrogen-bond acceptors (Lipinski definition) is 3. The van der Waals surface area contributed by atoms with Crippen LogP contribution in [0.4, 0.5) is 8.78 Å². The first-order valence-corrected chi connectivity index (χ1v) is 9.59. The second-order valence-corrected chi connectivity index (χ2v) is 8.32. The molecular weight excluding hydrogens is 407 g/mol. The number of halogens is 3. The summed E-state index contributed by atoms with van der Waals surface area (Å²) >= 11 is 2.94. The van der Waals surface area contributed by atoms with Crippen molar-refractivity contribution in [2.75, 3.05) is 6.61 Å². The zero-order valence-electron chi connectivity index (χ0n) is 13.0. The van der Waals surface area contributed by atoms with Gasteiger partial charge in [-0.3, -0.25) is 4.57 Å². The van der Waals surface area contributed by atoms with Gasteiger partial charge in [0.2, 0.25) is 5.88 Å². The van der Waals surface area contributed by atoms with Crippen LogP contribution in [0.15, 0.2) is 28.9 Å². The van der Waals surface area contributed by atoms with Crippen molar-refractivity contribution in [3.63, 3.8) is 0 Å². The molecule has 0 aliphatic carbocycles. The molecule has 0 bridgehead atoms. The maximum Gasteiger partial charge on any atom is 0.399 e. The Morgan fingerprint density at radius 3 is 2.54 bits per heavy atom. The summed E-state index contributed by atoms with van der Waals surface area (Å²) in [5.74, 6) is 0.728. The first-order chi connectivity index (χ1) is 11.0. The SMILES string of the molecule is CC(C)CCOc1cc2cc(C(F)(F)P(=O)(O)O)c(Br)cc2cn1. The van der Waals surface area contributed by atoms with E-state index in [4.69, 9.17) is 14.5 Å². The quantitative estimate of drug-likeness (QED) is 0.661. The molecule has 2 rings (SSSR count). The van der Waals surface area contributed by atoms with E-state index in [1.54, 1.807) is 0 Å². The van der Waals surface area contributed by atoms with Crippen LogP contribution < -0.4 is 4.74 Å². The van der Waals surface area contributed by atoms with Gasteiger partial charge < -0.3 is 14.5 Å². The normalized spacial score (nSPS) is 12.8. The van der Waals surface area contributed by atoms with Crippen LogP contribution in [0.25, 0.3) is 10.8 Å². The van der Waals surface area contributed by atoms with Gasteiger partial charge in [-0.05, 0) is 29.9 Å². The van der Waals surface area contributed by atoms with Crippen LogP contribution in [0.3, 0.4) is 0 Å². The largest absolute Gasteiger partial charge is 0.478 e. The molecule has 0 unspecified atom stereocenters.